The van der Waals surface area contributed by atoms with Crippen molar-refractivity contribution in [1.29, 1.82) is 0 Å². The topological polar surface area (TPSA) is 18.5 Å². The lowest BCUT2D eigenvalue weighted by atomic mass is 11.2. The lowest BCUT2D eigenvalue weighted by Crippen LogP contribution is -2.39. The fourth-order valence-corrected chi connectivity index (χ4v) is 7.11. The van der Waals surface area contributed by atoms with E-state index in [0.29, 0.717) is 0 Å². The van der Waals surface area contributed by atoms with E-state index in [-0.39, 0.29) is 0 Å². The first kappa shape index (κ1) is 9.92. The third kappa shape index (κ3) is 1.95. The highest BCUT2D eigenvalue weighted by atomic mass is 28.4. The molecule has 4 heteroatoms. The molecule has 1 aliphatic rings. The van der Waals surface area contributed by atoms with E-state index >= 15 is 0 Å². The summed E-state index contributed by atoms with van der Waals surface area (Å²) in [5.41, 5.74) is 8.84. The second-order valence-corrected chi connectivity index (χ2v) is 10.3. The van der Waals surface area contributed by atoms with Crippen LogP contribution < -0.4 is 0 Å². The Kier molecular flexibility index (Phi) is 2.72. The fourth-order valence-electron chi connectivity index (χ4n) is 1.05. The van der Waals surface area contributed by atoms with Crippen LogP contribution in [0, 0.1) is 0 Å². The van der Waals surface area contributed by atoms with E-state index in [9.17, 15) is 0 Å². The van der Waals surface area contributed by atoms with E-state index in [1.165, 1.54) is 0 Å². The monoisotopic (exact) mass is 200 g/mol. The molecule has 0 saturated heterocycles. The lowest BCUT2D eigenvalue weighted by Gasteiger charge is -2.26. The van der Waals surface area contributed by atoms with Gasteiger partial charge in [0.2, 0.25) is 16.6 Å². The van der Waals surface area contributed by atoms with Crippen LogP contribution in [0.5, 0.6) is 0 Å². The van der Waals surface area contributed by atoms with Crippen molar-refractivity contribution in [2.24, 2.45) is 0 Å². The van der Waals surface area contributed by atoms with Gasteiger partial charge in [-0.05, 0) is 13.1 Å². The normalized spacial score (nSPS) is 40.3. The molecule has 0 saturated carbocycles. The van der Waals surface area contributed by atoms with Crippen molar-refractivity contribution < 1.29 is 8.85 Å². The van der Waals surface area contributed by atoms with Crippen LogP contribution >= 0.6 is 0 Å². The highest BCUT2D eigenvalue weighted by Gasteiger charge is 2.31. The zero-order valence-corrected chi connectivity index (χ0v) is 10.1. The second-order valence-electron chi connectivity index (χ2n) is 3.44. The molecule has 0 aliphatic carbocycles. The molecule has 0 radical (unpaired) electrons. The summed E-state index contributed by atoms with van der Waals surface area (Å²) in [6.45, 7) is 4.34. The molecule has 0 aromatic rings. The molecule has 0 aromatic heterocycles. The molecular formula is C8H16O2Si2. The Labute approximate surface area is 76.1 Å². The van der Waals surface area contributed by atoms with E-state index in [2.05, 4.69) is 35.9 Å². The minimum absolute atomic E-state index is 1.62. The summed E-state index contributed by atoms with van der Waals surface area (Å²) in [5.74, 6) is 0. The van der Waals surface area contributed by atoms with E-state index in [4.69, 9.17) is 8.85 Å². The smallest absolute Gasteiger partial charge is 0.236 e. The molecule has 0 bridgehead atoms. The van der Waals surface area contributed by atoms with Gasteiger partial charge < -0.3 is 8.85 Å². The average molecular weight is 200 g/mol. The van der Waals surface area contributed by atoms with Crippen molar-refractivity contribution in [1.82, 2.24) is 0 Å². The van der Waals surface area contributed by atoms with E-state index < -0.39 is 16.6 Å². The van der Waals surface area contributed by atoms with Gasteiger partial charge >= 0.3 is 0 Å². The molecule has 0 N–H and O–H groups in total. The largest absolute Gasteiger partial charge is 0.413 e. The maximum atomic E-state index is 5.45. The molecule has 0 unspecified atom stereocenters. The summed E-state index contributed by atoms with van der Waals surface area (Å²) in [4.78, 5) is 0. The van der Waals surface area contributed by atoms with Gasteiger partial charge in [-0.25, -0.2) is 0 Å². The van der Waals surface area contributed by atoms with Gasteiger partial charge in [0.25, 0.3) is 0 Å². The van der Waals surface area contributed by atoms with E-state index in [0.717, 1.165) is 0 Å². The molecular weight excluding hydrogens is 184 g/mol. The Balaban J connectivity index is 2.79. The first-order valence-corrected chi connectivity index (χ1v) is 9.17. The Morgan fingerprint density at radius 3 is 1.17 bits per heavy atom. The van der Waals surface area contributed by atoms with Crippen LogP contribution in [0.25, 0.3) is 0 Å². The third-order valence-corrected chi connectivity index (χ3v) is 8.11. The maximum absolute atomic E-state index is 5.45. The molecule has 12 heavy (non-hydrogen) atoms. The summed E-state index contributed by atoms with van der Waals surface area (Å²) in [7, 11) is 0.307. The molecule has 1 aliphatic heterocycles. The van der Waals surface area contributed by atoms with Crippen LogP contribution in [0.3, 0.4) is 0 Å². The van der Waals surface area contributed by atoms with E-state index in [1.807, 2.05) is 0 Å². The van der Waals surface area contributed by atoms with Crippen LogP contribution in [0.1, 0.15) is 0 Å². The highest BCUT2D eigenvalue weighted by Crippen LogP contribution is 2.19. The Morgan fingerprint density at radius 2 is 1.00 bits per heavy atom. The Hall–Kier alpha value is -0.166. The summed E-state index contributed by atoms with van der Waals surface area (Å²) in [5, 5.41) is 0. The van der Waals surface area contributed by atoms with Gasteiger partial charge in [0.05, 0.1) is 0 Å². The molecule has 0 atom stereocenters. The van der Waals surface area contributed by atoms with Crippen LogP contribution in [0.2, 0.25) is 13.1 Å². The van der Waals surface area contributed by atoms with Gasteiger partial charge in [-0.2, -0.15) is 0 Å². The molecule has 1 heterocycles. The zero-order valence-electron chi connectivity index (χ0n) is 8.13. The maximum Gasteiger partial charge on any atom is 0.236 e. The van der Waals surface area contributed by atoms with Gasteiger partial charge in [0.1, 0.15) is 0 Å². The molecule has 1 rings (SSSR count). The van der Waals surface area contributed by atoms with Crippen molar-refractivity contribution in [2.45, 2.75) is 13.1 Å². The summed E-state index contributed by atoms with van der Waals surface area (Å²) in [6.07, 6.45) is 0. The molecule has 0 spiro atoms. The van der Waals surface area contributed by atoms with Crippen LogP contribution in [-0.2, 0) is 8.85 Å². The number of hydrogen-bond donors (Lipinski definition) is 0. The van der Waals surface area contributed by atoms with Gasteiger partial charge in [-0.1, -0.05) is 22.8 Å². The predicted molar refractivity (Wildman–Crippen MR) is 55.5 cm³/mol. The van der Waals surface area contributed by atoms with Gasteiger partial charge in [0, 0.05) is 14.2 Å². The van der Waals surface area contributed by atoms with Gasteiger partial charge in [0.15, 0.2) is 0 Å². The van der Waals surface area contributed by atoms with Crippen LogP contribution in [0.4, 0.5) is 0 Å². The van der Waals surface area contributed by atoms with E-state index in [1.54, 1.807) is 14.2 Å². The zero-order chi connectivity index (χ0) is 9.24. The van der Waals surface area contributed by atoms with Crippen LogP contribution in [0.15, 0.2) is 22.8 Å². The molecule has 2 nitrogen and oxygen atoms in total. The third-order valence-electron chi connectivity index (χ3n) is 2.37. The second kappa shape index (κ2) is 3.29. The summed E-state index contributed by atoms with van der Waals surface area (Å²) < 4.78 is 10.9. The first-order valence-electron chi connectivity index (χ1n) is 4.05. The SMILES string of the molecule is CO[Si]1(C)C=C[Si](C)(OC)C=C1. The molecule has 68 valence electrons. The van der Waals surface area contributed by atoms with Crippen molar-refractivity contribution in [2.75, 3.05) is 14.2 Å². The van der Waals surface area contributed by atoms with Crippen molar-refractivity contribution in [3.63, 3.8) is 0 Å². The number of hydrogen-bond acceptors (Lipinski definition) is 2. The summed E-state index contributed by atoms with van der Waals surface area (Å²) >= 11 is 0. The minimum atomic E-state index is -1.62. The molecule has 0 amide bonds. The fraction of sp³-hybridized carbons (Fsp3) is 0.500. The number of rotatable bonds is 2. The quantitative estimate of drug-likeness (QED) is 0.632. The Morgan fingerprint density at radius 1 is 0.750 bits per heavy atom. The van der Waals surface area contributed by atoms with Crippen molar-refractivity contribution >= 4 is 16.6 Å². The predicted octanol–water partition coefficient (Wildman–Crippen LogP) is 1.71. The molecule has 0 aromatic carbocycles. The van der Waals surface area contributed by atoms with Crippen molar-refractivity contribution in [3.05, 3.63) is 22.8 Å². The standard InChI is InChI=1S/C8H16O2Si2/c1-9-11(3)5-7-12(4,10-2)8-6-11/h5-8H,1-4H3. The van der Waals surface area contributed by atoms with Crippen LogP contribution in [-0.4, -0.2) is 30.9 Å². The van der Waals surface area contributed by atoms with Gasteiger partial charge in [-0.3, -0.25) is 0 Å². The average Bonchev–Trinajstić information content (AvgIpc) is 2.11. The first-order chi connectivity index (χ1) is 5.54. The Bertz CT molecular complexity index is 187. The highest BCUT2D eigenvalue weighted by molar-refractivity contribution is 6.92. The van der Waals surface area contributed by atoms with Gasteiger partial charge in [-0.15, -0.1) is 0 Å². The molecule has 0 fully saturated rings. The minimum Gasteiger partial charge on any atom is -0.413 e. The summed E-state index contributed by atoms with van der Waals surface area (Å²) in [6, 6.07) is 0. The lowest BCUT2D eigenvalue weighted by molar-refractivity contribution is 0.412. The van der Waals surface area contributed by atoms with Crippen molar-refractivity contribution in [3.8, 4) is 0 Å².